The summed E-state index contributed by atoms with van der Waals surface area (Å²) in [5.41, 5.74) is 0.407. The summed E-state index contributed by atoms with van der Waals surface area (Å²) in [7, 11) is 0. The predicted octanol–water partition coefficient (Wildman–Crippen LogP) is 4.37. The van der Waals surface area contributed by atoms with Crippen LogP contribution in [0.25, 0.3) is 0 Å². The zero-order valence-corrected chi connectivity index (χ0v) is 11.8. The lowest BCUT2D eigenvalue weighted by atomic mass is 9.76. The predicted molar refractivity (Wildman–Crippen MR) is 72.7 cm³/mol. The van der Waals surface area contributed by atoms with Gasteiger partial charge in [-0.3, -0.25) is 0 Å². The standard InChI is InChI=1S/C15H31N/c1-5-12-16-14(15(2,3)4)13-10-8-6-7-9-11-13/h13-14,16H,5-12H2,1-4H3. The molecule has 16 heavy (non-hydrogen) atoms. The Kier molecular flexibility index (Phi) is 5.82. The molecule has 1 saturated carbocycles. The smallest absolute Gasteiger partial charge is 0.0144 e. The van der Waals surface area contributed by atoms with Gasteiger partial charge in [-0.05, 0) is 37.1 Å². The summed E-state index contributed by atoms with van der Waals surface area (Å²) in [6.07, 6.45) is 9.95. The van der Waals surface area contributed by atoms with Gasteiger partial charge >= 0.3 is 0 Å². The van der Waals surface area contributed by atoms with Crippen molar-refractivity contribution >= 4 is 0 Å². The second-order valence-corrected chi connectivity index (χ2v) is 6.55. The fraction of sp³-hybridized carbons (Fsp3) is 1.00. The van der Waals surface area contributed by atoms with E-state index in [2.05, 4.69) is 33.0 Å². The summed E-state index contributed by atoms with van der Waals surface area (Å²) in [6, 6.07) is 0.713. The van der Waals surface area contributed by atoms with Gasteiger partial charge in [0.2, 0.25) is 0 Å². The highest BCUT2D eigenvalue weighted by Gasteiger charge is 2.31. The van der Waals surface area contributed by atoms with Crippen LogP contribution in [0.2, 0.25) is 0 Å². The molecule has 1 unspecified atom stereocenters. The summed E-state index contributed by atoms with van der Waals surface area (Å²) in [5, 5.41) is 3.81. The molecular weight excluding hydrogens is 194 g/mol. The van der Waals surface area contributed by atoms with Gasteiger partial charge in [-0.15, -0.1) is 0 Å². The van der Waals surface area contributed by atoms with Gasteiger partial charge in [0.1, 0.15) is 0 Å². The molecule has 96 valence electrons. The molecule has 0 amide bonds. The largest absolute Gasteiger partial charge is 0.313 e. The molecule has 1 heteroatoms. The molecule has 1 N–H and O–H groups in total. The van der Waals surface area contributed by atoms with E-state index in [0.29, 0.717) is 11.5 Å². The highest BCUT2D eigenvalue weighted by atomic mass is 14.9. The first-order valence-corrected chi connectivity index (χ1v) is 7.29. The van der Waals surface area contributed by atoms with E-state index < -0.39 is 0 Å². The average molecular weight is 225 g/mol. The molecule has 1 aliphatic carbocycles. The number of hydrogen-bond donors (Lipinski definition) is 1. The minimum Gasteiger partial charge on any atom is -0.313 e. The Balaban J connectivity index is 2.58. The Morgan fingerprint density at radius 3 is 2.06 bits per heavy atom. The van der Waals surface area contributed by atoms with Crippen LogP contribution < -0.4 is 5.32 Å². The third kappa shape index (κ3) is 4.45. The van der Waals surface area contributed by atoms with Crippen molar-refractivity contribution in [2.24, 2.45) is 11.3 Å². The first-order valence-electron chi connectivity index (χ1n) is 7.29. The highest BCUT2D eigenvalue weighted by Crippen LogP contribution is 2.33. The van der Waals surface area contributed by atoms with Crippen LogP contribution >= 0.6 is 0 Å². The zero-order chi connectivity index (χ0) is 12.0. The molecule has 0 bridgehead atoms. The van der Waals surface area contributed by atoms with Crippen molar-refractivity contribution in [2.45, 2.75) is 78.7 Å². The third-order valence-corrected chi connectivity index (χ3v) is 3.92. The number of nitrogens with one attached hydrogen (secondary N) is 1. The van der Waals surface area contributed by atoms with Gasteiger partial charge in [0.15, 0.2) is 0 Å². The quantitative estimate of drug-likeness (QED) is 0.701. The first-order chi connectivity index (χ1) is 7.55. The van der Waals surface area contributed by atoms with Crippen molar-refractivity contribution in [3.05, 3.63) is 0 Å². The number of hydrogen-bond acceptors (Lipinski definition) is 1. The summed E-state index contributed by atoms with van der Waals surface area (Å²) in [5.74, 6) is 0.911. The van der Waals surface area contributed by atoms with Gasteiger partial charge in [-0.2, -0.15) is 0 Å². The van der Waals surface area contributed by atoms with Crippen LogP contribution in [0.5, 0.6) is 0 Å². The van der Waals surface area contributed by atoms with Crippen LogP contribution in [0.3, 0.4) is 0 Å². The average Bonchev–Trinajstić information content (AvgIpc) is 2.45. The van der Waals surface area contributed by atoms with E-state index in [1.807, 2.05) is 0 Å². The maximum absolute atomic E-state index is 3.81. The van der Waals surface area contributed by atoms with Crippen molar-refractivity contribution in [2.75, 3.05) is 6.54 Å². The Hall–Kier alpha value is -0.0400. The van der Waals surface area contributed by atoms with Crippen LogP contribution in [0, 0.1) is 11.3 Å². The van der Waals surface area contributed by atoms with Crippen LogP contribution in [0.4, 0.5) is 0 Å². The molecule has 0 aromatic rings. The van der Waals surface area contributed by atoms with Gasteiger partial charge in [-0.1, -0.05) is 53.4 Å². The summed E-state index contributed by atoms with van der Waals surface area (Å²) in [4.78, 5) is 0. The van der Waals surface area contributed by atoms with E-state index in [4.69, 9.17) is 0 Å². The second-order valence-electron chi connectivity index (χ2n) is 6.55. The third-order valence-electron chi connectivity index (χ3n) is 3.92. The van der Waals surface area contributed by atoms with Crippen molar-refractivity contribution in [1.82, 2.24) is 5.32 Å². The topological polar surface area (TPSA) is 12.0 Å². The van der Waals surface area contributed by atoms with Crippen molar-refractivity contribution in [3.8, 4) is 0 Å². The normalized spacial score (nSPS) is 21.8. The SMILES string of the molecule is CCCNC(C1CCCCCC1)C(C)(C)C. The Morgan fingerprint density at radius 1 is 1.06 bits per heavy atom. The van der Waals surface area contributed by atoms with Crippen molar-refractivity contribution in [3.63, 3.8) is 0 Å². The minimum absolute atomic E-state index is 0.407. The van der Waals surface area contributed by atoms with Gasteiger partial charge in [-0.25, -0.2) is 0 Å². The van der Waals surface area contributed by atoms with Gasteiger partial charge in [0.05, 0.1) is 0 Å². The molecule has 1 aliphatic rings. The first kappa shape index (κ1) is 14.0. The molecular formula is C15H31N. The highest BCUT2D eigenvalue weighted by molar-refractivity contribution is 4.87. The van der Waals surface area contributed by atoms with Gasteiger partial charge in [0.25, 0.3) is 0 Å². The molecule has 1 fully saturated rings. The molecule has 0 spiro atoms. The van der Waals surface area contributed by atoms with Crippen molar-refractivity contribution < 1.29 is 0 Å². The van der Waals surface area contributed by atoms with E-state index >= 15 is 0 Å². The molecule has 0 aromatic carbocycles. The summed E-state index contributed by atoms with van der Waals surface area (Å²) >= 11 is 0. The van der Waals surface area contributed by atoms with Crippen molar-refractivity contribution in [1.29, 1.82) is 0 Å². The Morgan fingerprint density at radius 2 is 1.62 bits per heavy atom. The molecule has 1 atom stereocenters. The van der Waals surface area contributed by atoms with E-state index in [1.54, 1.807) is 0 Å². The summed E-state index contributed by atoms with van der Waals surface area (Å²) < 4.78 is 0. The molecule has 0 heterocycles. The molecule has 0 aromatic heterocycles. The van der Waals surface area contributed by atoms with E-state index in [0.717, 1.165) is 5.92 Å². The molecule has 0 radical (unpaired) electrons. The van der Waals surface area contributed by atoms with Crippen LogP contribution in [0.1, 0.15) is 72.6 Å². The van der Waals surface area contributed by atoms with Gasteiger partial charge < -0.3 is 5.32 Å². The lowest BCUT2D eigenvalue weighted by molar-refractivity contribution is 0.178. The lowest BCUT2D eigenvalue weighted by Gasteiger charge is -2.38. The maximum atomic E-state index is 3.81. The fourth-order valence-electron chi connectivity index (χ4n) is 3.12. The molecule has 0 aliphatic heterocycles. The fourth-order valence-corrected chi connectivity index (χ4v) is 3.12. The van der Waals surface area contributed by atoms with E-state index in [9.17, 15) is 0 Å². The minimum atomic E-state index is 0.407. The monoisotopic (exact) mass is 225 g/mol. The Labute approximate surface area is 102 Å². The molecule has 1 nitrogen and oxygen atoms in total. The van der Waals surface area contributed by atoms with Crippen LogP contribution in [0.15, 0.2) is 0 Å². The maximum Gasteiger partial charge on any atom is 0.0144 e. The lowest BCUT2D eigenvalue weighted by Crippen LogP contribution is -2.46. The number of rotatable bonds is 4. The zero-order valence-electron chi connectivity index (χ0n) is 11.8. The molecule has 1 rings (SSSR count). The second kappa shape index (κ2) is 6.64. The van der Waals surface area contributed by atoms with Crippen LogP contribution in [-0.2, 0) is 0 Å². The van der Waals surface area contributed by atoms with Gasteiger partial charge in [0, 0.05) is 6.04 Å². The summed E-state index contributed by atoms with van der Waals surface area (Å²) in [6.45, 7) is 10.6. The van der Waals surface area contributed by atoms with Crippen LogP contribution in [-0.4, -0.2) is 12.6 Å². The van der Waals surface area contributed by atoms with E-state index in [1.165, 1.54) is 51.5 Å². The van der Waals surface area contributed by atoms with E-state index in [-0.39, 0.29) is 0 Å². The Bertz CT molecular complexity index is 172. The molecule has 0 saturated heterocycles.